The molecule has 5 nitrogen and oxygen atoms in total. The number of aromatic nitrogens is 2. The van der Waals surface area contributed by atoms with E-state index in [-0.39, 0.29) is 0 Å². The van der Waals surface area contributed by atoms with E-state index in [4.69, 9.17) is 26.8 Å². The molecule has 2 N–H and O–H groups in total. The highest BCUT2D eigenvalue weighted by Crippen LogP contribution is 2.33. The summed E-state index contributed by atoms with van der Waals surface area (Å²) in [5, 5.41) is 0.616. The third-order valence-corrected chi connectivity index (χ3v) is 3.50. The van der Waals surface area contributed by atoms with Gasteiger partial charge in [0.05, 0.1) is 30.9 Å². The van der Waals surface area contributed by atoms with E-state index in [0.29, 0.717) is 22.5 Å². The first-order chi connectivity index (χ1) is 10.1. The number of imidazole rings is 1. The molecular formula is C15H14ClN3O2. The van der Waals surface area contributed by atoms with Crippen LogP contribution in [0.2, 0.25) is 5.02 Å². The van der Waals surface area contributed by atoms with Crippen molar-refractivity contribution in [2.75, 3.05) is 20.0 Å². The molecule has 0 radical (unpaired) electrons. The maximum Gasteiger partial charge on any atom is 0.206 e. The Balaban J connectivity index is 2.33. The standard InChI is InChI=1S/C15H14ClN3O2/c1-20-10-4-6-14(21-2)13(8-10)19-12-7-9(16)3-5-11(12)18-15(19)17/h3-8H,1-2H3,(H2,17,18). The fourth-order valence-corrected chi connectivity index (χ4v) is 2.46. The van der Waals surface area contributed by atoms with Gasteiger partial charge in [-0.15, -0.1) is 0 Å². The molecule has 0 spiro atoms. The van der Waals surface area contributed by atoms with E-state index in [1.807, 2.05) is 30.3 Å². The maximum atomic E-state index is 6.08. The summed E-state index contributed by atoms with van der Waals surface area (Å²) in [6.45, 7) is 0. The zero-order valence-corrected chi connectivity index (χ0v) is 12.4. The third kappa shape index (κ3) is 2.25. The molecule has 0 aliphatic heterocycles. The minimum atomic E-state index is 0.360. The van der Waals surface area contributed by atoms with Crippen LogP contribution in [-0.4, -0.2) is 23.8 Å². The smallest absolute Gasteiger partial charge is 0.206 e. The average molecular weight is 304 g/mol. The molecule has 21 heavy (non-hydrogen) atoms. The lowest BCUT2D eigenvalue weighted by Gasteiger charge is -2.13. The highest BCUT2D eigenvalue weighted by Gasteiger charge is 2.15. The second-order valence-corrected chi connectivity index (χ2v) is 4.91. The fraction of sp³-hybridized carbons (Fsp3) is 0.133. The summed E-state index contributed by atoms with van der Waals surface area (Å²) >= 11 is 6.08. The molecule has 1 heterocycles. The Hall–Kier alpha value is -2.40. The van der Waals surface area contributed by atoms with E-state index in [9.17, 15) is 0 Å². The van der Waals surface area contributed by atoms with Gasteiger partial charge in [-0.1, -0.05) is 11.6 Å². The molecule has 3 aromatic rings. The van der Waals surface area contributed by atoms with E-state index >= 15 is 0 Å². The largest absolute Gasteiger partial charge is 0.497 e. The van der Waals surface area contributed by atoms with Crippen LogP contribution in [0, 0.1) is 0 Å². The SMILES string of the molecule is COc1ccc(OC)c(-n2c(N)nc3ccc(Cl)cc32)c1. The van der Waals surface area contributed by atoms with Crippen molar-refractivity contribution in [3.63, 3.8) is 0 Å². The molecule has 0 saturated carbocycles. The molecule has 0 aliphatic carbocycles. The molecule has 2 aromatic carbocycles. The number of rotatable bonds is 3. The van der Waals surface area contributed by atoms with Crippen molar-refractivity contribution in [1.82, 2.24) is 9.55 Å². The second-order valence-electron chi connectivity index (χ2n) is 4.48. The Morgan fingerprint density at radius 3 is 2.62 bits per heavy atom. The van der Waals surface area contributed by atoms with Crippen molar-refractivity contribution >= 4 is 28.6 Å². The van der Waals surface area contributed by atoms with E-state index < -0.39 is 0 Å². The molecule has 0 amide bonds. The first-order valence-corrected chi connectivity index (χ1v) is 6.67. The lowest BCUT2D eigenvalue weighted by molar-refractivity contribution is 0.402. The Kier molecular flexibility index (Phi) is 3.35. The van der Waals surface area contributed by atoms with Crippen LogP contribution >= 0.6 is 11.6 Å². The molecule has 1 aromatic heterocycles. The summed E-state index contributed by atoms with van der Waals surface area (Å²) in [6.07, 6.45) is 0. The van der Waals surface area contributed by atoms with Crippen molar-refractivity contribution in [1.29, 1.82) is 0 Å². The lowest BCUT2D eigenvalue weighted by atomic mass is 10.2. The predicted octanol–water partition coefficient (Wildman–Crippen LogP) is 3.28. The molecule has 3 rings (SSSR count). The van der Waals surface area contributed by atoms with Gasteiger partial charge in [0.15, 0.2) is 0 Å². The number of hydrogen-bond acceptors (Lipinski definition) is 4. The van der Waals surface area contributed by atoms with E-state index in [0.717, 1.165) is 16.7 Å². The lowest BCUT2D eigenvalue weighted by Crippen LogP contribution is -2.03. The average Bonchev–Trinajstić information content (AvgIpc) is 2.81. The van der Waals surface area contributed by atoms with Crippen molar-refractivity contribution in [2.24, 2.45) is 0 Å². The van der Waals surface area contributed by atoms with Gasteiger partial charge in [0.1, 0.15) is 11.5 Å². The maximum absolute atomic E-state index is 6.08. The number of anilines is 1. The molecule has 108 valence electrons. The van der Waals surface area contributed by atoms with Crippen LogP contribution in [0.5, 0.6) is 11.5 Å². The Morgan fingerprint density at radius 2 is 1.90 bits per heavy atom. The van der Waals surface area contributed by atoms with Gasteiger partial charge in [0.25, 0.3) is 0 Å². The molecule has 0 aliphatic rings. The summed E-state index contributed by atoms with van der Waals surface area (Å²) < 4.78 is 12.5. The number of nitrogen functional groups attached to an aromatic ring is 1. The van der Waals surface area contributed by atoms with Crippen LogP contribution in [0.25, 0.3) is 16.7 Å². The molecule has 0 atom stereocenters. The topological polar surface area (TPSA) is 62.3 Å². The molecule has 0 saturated heterocycles. The van der Waals surface area contributed by atoms with E-state index in [1.54, 1.807) is 24.9 Å². The Labute approximate surface area is 126 Å². The number of fused-ring (bicyclic) bond motifs is 1. The molecular weight excluding hydrogens is 290 g/mol. The van der Waals surface area contributed by atoms with Crippen LogP contribution in [0.3, 0.4) is 0 Å². The zero-order valence-electron chi connectivity index (χ0n) is 11.6. The van der Waals surface area contributed by atoms with Crippen molar-refractivity contribution in [3.8, 4) is 17.2 Å². The number of halogens is 1. The van der Waals surface area contributed by atoms with E-state index in [2.05, 4.69) is 4.98 Å². The Bertz CT molecular complexity index is 814. The van der Waals surface area contributed by atoms with Gasteiger partial charge >= 0.3 is 0 Å². The molecule has 0 bridgehead atoms. The van der Waals surface area contributed by atoms with Crippen molar-refractivity contribution in [3.05, 3.63) is 41.4 Å². The molecule has 0 fully saturated rings. The molecule has 6 heteroatoms. The van der Waals surface area contributed by atoms with E-state index in [1.165, 1.54) is 0 Å². The van der Waals surface area contributed by atoms with Gasteiger partial charge in [-0.3, -0.25) is 4.57 Å². The van der Waals surface area contributed by atoms with Gasteiger partial charge in [-0.25, -0.2) is 4.98 Å². The van der Waals surface area contributed by atoms with Gasteiger partial charge in [0.2, 0.25) is 5.95 Å². The van der Waals surface area contributed by atoms with Gasteiger partial charge in [0, 0.05) is 11.1 Å². The number of hydrogen-bond donors (Lipinski definition) is 1. The van der Waals surface area contributed by atoms with Crippen molar-refractivity contribution < 1.29 is 9.47 Å². The van der Waals surface area contributed by atoms with Gasteiger partial charge < -0.3 is 15.2 Å². The predicted molar refractivity (Wildman–Crippen MR) is 83.6 cm³/mol. The summed E-state index contributed by atoms with van der Waals surface area (Å²) in [6, 6.07) is 10.9. The minimum absolute atomic E-state index is 0.360. The third-order valence-electron chi connectivity index (χ3n) is 3.27. The number of nitrogens with two attached hydrogens (primary N) is 1. The van der Waals surface area contributed by atoms with Crippen LogP contribution in [0.1, 0.15) is 0 Å². The van der Waals surface area contributed by atoms with Gasteiger partial charge in [-0.05, 0) is 30.3 Å². The first-order valence-electron chi connectivity index (χ1n) is 6.30. The monoisotopic (exact) mass is 303 g/mol. The first kappa shape index (κ1) is 13.6. The fourth-order valence-electron chi connectivity index (χ4n) is 2.29. The quantitative estimate of drug-likeness (QED) is 0.806. The normalized spacial score (nSPS) is 10.8. The molecule has 0 unspecified atom stereocenters. The summed E-state index contributed by atoms with van der Waals surface area (Å²) in [4.78, 5) is 4.35. The summed E-state index contributed by atoms with van der Waals surface area (Å²) in [5.41, 5.74) is 8.39. The number of nitrogens with zero attached hydrogens (tertiary/aromatic N) is 2. The second kappa shape index (κ2) is 5.18. The summed E-state index contributed by atoms with van der Waals surface area (Å²) in [5.74, 6) is 1.73. The van der Waals surface area contributed by atoms with Gasteiger partial charge in [-0.2, -0.15) is 0 Å². The van der Waals surface area contributed by atoms with Crippen molar-refractivity contribution in [2.45, 2.75) is 0 Å². The Morgan fingerprint density at radius 1 is 1.10 bits per heavy atom. The summed E-state index contributed by atoms with van der Waals surface area (Å²) in [7, 11) is 3.21. The van der Waals surface area contributed by atoms with Crippen LogP contribution in [-0.2, 0) is 0 Å². The number of methoxy groups -OCH3 is 2. The zero-order chi connectivity index (χ0) is 15.0. The van der Waals surface area contributed by atoms with Crippen LogP contribution in [0.4, 0.5) is 5.95 Å². The highest BCUT2D eigenvalue weighted by molar-refractivity contribution is 6.31. The number of ether oxygens (including phenoxy) is 2. The number of benzene rings is 2. The van der Waals surface area contributed by atoms with Crippen LogP contribution in [0.15, 0.2) is 36.4 Å². The highest BCUT2D eigenvalue weighted by atomic mass is 35.5. The van der Waals surface area contributed by atoms with Crippen LogP contribution < -0.4 is 15.2 Å². The minimum Gasteiger partial charge on any atom is -0.497 e.